The molecule has 0 aliphatic carbocycles. The molecule has 128 valence electrons. The molecule has 1 N–H and O–H groups in total. The molecule has 1 saturated heterocycles. The molecule has 2 aromatic rings. The Morgan fingerprint density at radius 2 is 2.20 bits per heavy atom. The maximum Gasteiger partial charge on any atom is 0.325 e. The number of benzene rings is 1. The SMILES string of the molecule is CCCc1noc(CN2C(=O)N[C@@](C)(c3cccc(C#N)c3)C2=O)n1. The van der Waals surface area contributed by atoms with E-state index in [9.17, 15) is 9.59 Å². The lowest BCUT2D eigenvalue weighted by Gasteiger charge is -2.22. The Balaban J connectivity index is 1.84. The molecule has 0 radical (unpaired) electrons. The zero-order chi connectivity index (χ0) is 18.0. The predicted molar refractivity (Wildman–Crippen MR) is 85.9 cm³/mol. The zero-order valence-corrected chi connectivity index (χ0v) is 13.9. The summed E-state index contributed by atoms with van der Waals surface area (Å²) in [5, 5.41) is 15.6. The maximum atomic E-state index is 12.8. The van der Waals surface area contributed by atoms with Gasteiger partial charge < -0.3 is 9.84 Å². The number of aromatic nitrogens is 2. The molecule has 2 heterocycles. The molecule has 0 unspecified atom stereocenters. The predicted octanol–water partition coefficient (Wildman–Crippen LogP) is 1.86. The van der Waals surface area contributed by atoms with Gasteiger partial charge in [0, 0.05) is 6.42 Å². The molecule has 25 heavy (non-hydrogen) atoms. The molecule has 3 amide bonds. The molecule has 1 fully saturated rings. The van der Waals surface area contributed by atoms with E-state index >= 15 is 0 Å². The average Bonchev–Trinajstić information content (AvgIpc) is 3.14. The maximum absolute atomic E-state index is 12.8. The lowest BCUT2D eigenvalue weighted by molar-refractivity contribution is -0.131. The fourth-order valence-electron chi connectivity index (χ4n) is 2.75. The van der Waals surface area contributed by atoms with E-state index < -0.39 is 17.5 Å². The molecule has 8 nitrogen and oxygen atoms in total. The van der Waals surface area contributed by atoms with Crippen LogP contribution in [0.2, 0.25) is 0 Å². The summed E-state index contributed by atoms with van der Waals surface area (Å²) in [5.74, 6) is 0.332. The minimum atomic E-state index is -1.24. The third-order valence-corrected chi connectivity index (χ3v) is 4.12. The van der Waals surface area contributed by atoms with Crippen molar-refractivity contribution in [3.05, 3.63) is 47.1 Å². The van der Waals surface area contributed by atoms with E-state index in [0.29, 0.717) is 23.4 Å². The van der Waals surface area contributed by atoms with Crippen LogP contribution in [-0.4, -0.2) is 27.0 Å². The van der Waals surface area contributed by atoms with Crippen molar-refractivity contribution in [2.75, 3.05) is 0 Å². The van der Waals surface area contributed by atoms with E-state index in [2.05, 4.69) is 15.5 Å². The number of amides is 3. The summed E-state index contributed by atoms with van der Waals surface area (Å²) < 4.78 is 5.11. The number of rotatable bonds is 5. The van der Waals surface area contributed by atoms with Crippen molar-refractivity contribution in [1.29, 1.82) is 5.26 Å². The highest BCUT2D eigenvalue weighted by molar-refractivity contribution is 6.07. The Bertz CT molecular complexity index is 869. The summed E-state index contributed by atoms with van der Waals surface area (Å²) in [6.45, 7) is 3.52. The van der Waals surface area contributed by atoms with Gasteiger partial charge >= 0.3 is 6.03 Å². The Hall–Kier alpha value is -3.21. The molecule has 1 atom stereocenters. The van der Waals surface area contributed by atoms with Crippen molar-refractivity contribution < 1.29 is 14.1 Å². The van der Waals surface area contributed by atoms with Gasteiger partial charge in [-0.25, -0.2) is 4.79 Å². The molecule has 0 bridgehead atoms. The van der Waals surface area contributed by atoms with Gasteiger partial charge in [0.15, 0.2) is 5.82 Å². The quantitative estimate of drug-likeness (QED) is 0.832. The van der Waals surface area contributed by atoms with E-state index in [4.69, 9.17) is 9.78 Å². The van der Waals surface area contributed by atoms with Crippen LogP contribution in [-0.2, 0) is 23.3 Å². The number of nitriles is 1. The smallest absolute Gasteiger partial charge is 0.325 e. The molecule has 1 aromatic carbocycles. The van der Waals surface area contributed by atoms with Crippen molar-refractivity contribution in [3.8, 4) is 6.07 Å². The second-order valence-electron chi connectivity index (χ2n) is 5.99. The summed E-state index contributed by atoms with van der Waals surface area (Å²) >= 11 is 0. The molecule has 3 rings (SSSR count). The molecule has 8 heteroatoms. The molecule has 1 aliphatic rings. The lowest BCUT2D eigenvalue weighted by Crippen LogP contribution is -2.40. The Labute approximate surface area is 144 Å². The molecular formula is C17H17N5O3. The standard InChI is InChI=1S/C17H17N5O3/c1-3-5-13-19-14(25-21-13)10-22-15(23)17(2,20-16(22)24)12-7-4-6-11(8-12)9-18/h4,6-8H,3,5,10H2,1-2H3,(H,20,24)/t17-/m0/s1. The van der Waals surface area contributed by atoms with Gasteiger partial charge in [0.25, 0.3) is 5.91 Å². The minimum absolute atomic E-state index is 0.0884. The first kappa shape index (κ1) is 16.6. The normalized spacial score (nSPS) is 19.8. The molecular weight excluding hydrogens is 322 g/mol. The topological polar surface area (TPSA) is 112 Å². The third-order valence-electron chi connectivity index (χ3n) is 4.12. The number of hydrogen-bond acceptors (Lipinski definition) is 6. The van der Waals surface area contributed by atoms with Gasteiger partial charge in [-0.05, 0) is 31.0 Å². The molecule has 0 saturated carbocycles. The molecule has 1 aromatic heterocycles. The van der Waals surface area contributed by atoms with E-state index in [1.165, 1.54) is 0 Å². The minimum Gasteiger partial charge on any atom is -0.337 e. The van der Waals surface area contributed by atoms with Crippen LogP contribution in [0.15, 0.2) is 28.8 Å². The highest BCUT2D eigenvalue weighted by Crippen LogP contribution is 2.30. The second-order valence-corrected chi connectivity index (χ2v) is 5.99. The number of urea groups is 1. The van der Waals surface area contributed by atoms with Crippen LogP contribution in [0.1, 0.15) is 43.1 Å². The van der Waals surface area contributed by atoms with E-state index in [-0.39, 0.29) is 12.4 Å². The van der Waals surface area contributed by atoms with Crippen LogP contribution in [0.5, 0.6) is 0 Å². The van der Waals surface area contributed by atoms with Crippen LogP contribution >= 0.6 is 0 Å². The van der Waals surface area contributed by atoms with E-state index in [1.54, 1.807) is 31.2 Å². The van der Waals surface area contributed by atoms with E-state index in [1.807, 2.05) is 13.0 Å². The number of carbonyl (C=O) groups excluding carboxylic acids is 2. The van der Waals surface area contributed by atoms with Crippen molar-refractivity contribution >= 4 is 11.9 Å². The number of imide groups is 1. The zero-order valence-electron chi connectivity index (χ0n) is 13.9. The van der Waals surface area contributed by atoms with Crippen molar-refractivity contribution in [2.45, 2.75) is 38.8 Å². The van der Waals surface area contributed by atoms with E-state index in [0.717, 1.165) is 11.3 Å². The summed E-state index contributed by atoms with van der Waals surface area (Å²) in [6.07, 6.45) is 1.54. The summed E-state index contributed by atoms with van der Waals surface area (Å²) in [7, 11) is 0. The van der Waals surface area contributed by atoms with Gasteiger partial charge in [-0.2, -0.15) is 10.2 Å². The van der Waals surface area contributed by atoms with Crippen molar-refractivity contribution in [3.63, 3.8) is 0 Å². The van der Waals surface area contributed by atoms with Crippen LogP contribution in [0.3, 0.4) is 0 Å². The number of nitrogens with zero attached hydrogens (tertiary/aromatic N) is 4. The monoisotopic (exact) mass is 339 g/mol. The first-order chi connectivity index (χ1) is 12.0. The second kappa shape index (κ2) is 6.36. The number of hydrogen-bond donors (Lipinski definition) is 1. The number of nitrogens with one attached hydrogen (secondary N) is 1. The fourth-order valence-corrected chi connectivity index (χ4v) is 2.75. The van der Waals surface area contributed by atoms with Crippen molar-refractivity contribution in [1.82, 2.24) is 20.4 Å². The summed E-state index contributed by atoms with van der Waals surface area (Å²) in [5.41, 5.74) is -0.277. The van der Waals surface area contributed by atoms with Gasteiger partial charge in [-0.1, -0.05) is 24.2 Å². The Kier molecular flexibility index (Phi) is 4.23. The highest BCUT2D eigenvalue weighted by atomic mass is 16.5. The van der Waals surface area contributed by atoms with Gasteiger partial charge in [-0.15, -0.1) is 0 Å². The first-order valence-corrected chi connectivity index (χ1v) is 7.94. The molecule has 1 aliphatic heterocycles. The van der Waals surface area contributed by atoms with Gasteiger partial charge in [0.05, 0.1) is 11.6 Å². The number of carbonyl (C=O) groups is 2. The van der Waals surface area contributed by atoms with Gasteiger partial charge in [0.1, 0.15) is 12.1 Å². The van der Waals surface area contributed by atoms with Crippen LogP contribution in [0.4, 0.5) is 4.79 Å². The number of aryl methyl sites for hydroxylation is 1. The fraction of sp³-hybridized carbons (Fsp3) is 0.353. The van der Waals surface area contributed by atoms with Crippen LogP contribution in [0.25, 0.3) is 0 Å². The van der Waals surface area contributed by atoms with Gasteiger partial charge in [0.2, 0.25) is 5.89 Å². The first-order valence-electron chi connectivity index (χ1n) is 7.94. The highest BCUT2D eigenvalue weighted by Gasteiger charge is 2.49. The summed E-state index contributed by atoms with van der Waals surface area (Å²) in [6, 6.07) is 8.10. The van der Waals surface area contributed by atoms with Crippen molar-refractivity contribution in [2.24, 2.45) is 0 Å². The molecule has 0 spiro atoms. The lowest BCUT2D eigenvalue weighted by atomic mass is 9.91. The largest absolute Gasteiger partial charge is 0.337 e. The van der Waals surface area contributed by atoms with Crippen LogP contribution < -0.4 is 5.32 Å². The Morgan fingerprint density at radius 3 is 2.92 bits per heavy atom. The summed E-state index contributed by atoms with van der Waals surface area (Å²) in [4.78, 5) is 30.4. The van der Waals surface area contributed by atoms with Gasteiger partial charge in [-0.3, -0.25) is 9.69 Å². The average molecular weight is 339 g/mol. The Morgan fingerprint density at radius 1 is 1.40 bits per heavy atom. The third kappa shape index (κ3) is 2.96. The van der Waals surface area contributed by atoms with Crippen LogP contribution in [0, 0.1) is 11.3 Å².